The van der Waals surface area contributed by atoms with Crippen LogP contribution in [0.5, 0.6) is 0 Å². The zero-order chi connectivity index (χ0) is 21.4. The monoisotopic (exact) mass is 445 g/mol. The van der Waals surface area contributed by atoms with Gasteiger partial charge >= 0.3 is 0 Å². The van der Waals surface area contributed by atoms with Crippen molar-refractivity contribution in [2.24, 2.45) is 0 Å². The average Bonchev–Trinajstić information content (AvgIpc) is 2.81. The quantitative estimate of drug-likeness (QED) is 0.314. The Hall–Kier alpha value is -3.03. The molecule has 5 rings (SSSR count). The number of benzene rings is 3. The summed E-state index contributed by atoms with van der Waals surface area (Å²) in [7, 11) is 0. The van der Waals surface area contributed by atoms with E-state index in [-0.39, 0.29) is 17.2 Å². The number of anilines is 2. The summed E-state index contributed by atoms with van der Waals surface area (Å²) in [6, 6.07) is 23.2. The predicted octanol–water partition coefficient (Wildman–Crippen LogP) is 5.34. The van der Waals surface area contributed by atoms with Crippen LogP contribution in [0.4, 0.5) is 11.4 Å². The van der Waals surface area contributed by atoms with Gasteiger partial charge in [0.2, 0.25) is 5.91 Å². The molecule has 5 nitrogen and oxygen atoms in total. The second-order valence-electron chi connectivity index (χ2n) is 7.02. The Balaban J connectivity index is 1.49. The van der Waals surface area contributed by atoms with Crippen LogP contribution in [0.15, 0.2) is 92.5 Å². The maximum Gasteiger partial charge on any atom is 0.262 e. The lowest BCUT2D eigenvalue weighted by atomic mass is 10.2. The number of carbonyl (C=O) groups is 1. The molecule has 0 N–H and O–H groups in total. The number of amides is 1. The topological polar surface area (TPSA) is 55.2 Å². The highest BCUT2D eigenvalue weighted by Gasteiger charge is 2.28. The standard InChI is InChI=1S/C24H19N3O2S2/c1-2-26-23(29)16-9-3-4-10-17(16)25-24(26)30-15-22(28)27-18-11-5-7-13-20(18)31-21-14-8-6-12-19(21)27/h3-14H,2,15H2,1H3. The molecule has 154 valence electrons. The number of rotatable bonds is 4. The van der Waals surface area contributed by atoms with Gasteiger partial charge in [-0.2, -0.15) is 0 Å². The highest BCUT2D eigenvalue weighted by molar-refractivity contribution is 8.00. The fourth-order valence-electron chi connectivity index (χ4n) is 3.70. The number of thioether (sulfide) groups is 1. The first-order valence-electron chi connectivity index (χ1n) is 9.98. The first-order valence-corrected chi connectivity index (χ1v) is 11.8. The van der Waals surface area contributed by atoms with Crippen molar-refractivity contribution < 1.29 is 4.79 Å². The molecule has 1 aromatic heterocycles. The van der Waals surface area contributed by atoms with Crippen LogP contribution in [-0.2, 0) is 11.3 Å². The summed E-state index contributed by atoms with van der Waals surface area (Å²) in [6.45, 7) is 2.41. The Labute approximate surface area is 188 Å². The van der Waals surface area contributed by atoms with E-state index in [4.69, 9.17) is 0 Å². The number of carbonyl (C=O) groups excluding carboxylic acids is 1. The van der Waals surface area contributed by atoms with Gasteiger partial charge in [-0.05, 0) is 43.3 Å². The van der Waals surface area contributed by atoms with Crippen LogP contribution in [0.3, 0.4) is 0 Å². The second kappa shape index (κ2) is 8.24. The van der Waals surface area contributed by atoms with Crippen LogP contribution in [0, 0.1) is 0 Å². The summed E-state index contributed by atoms with van der Waals surface area (Å²) in [4.78, 5) is 34.8. The average molecular weight is 446 g/mol. The molecule has 1 amide bonds. The molecule has 31 heavy (non-hydrogen) atoms. The third-order valence-corrected chi connectivity index (χ3v) is 7.24. The molecule has 0 unspecified atom stereocenters. The van der Waals surface area contributed by atoms with Crippen molar-refractivity contribution in [2.45, 2.75) is 28.4 Å². The molecule has 0 saturated carbocycles. The van der Waals surface area contributed by atoms with Crippen molar-refractivity contribution in [1.82, 2.24) is 9.55 Å². The van der Waals surface area contributed by atoms with E-state index in [9.17, 15) is 9.59 Å². The predicted molar refractivity (Wildman–Crippen MR) is 127 cm³/mol. The van der Waals surface area contributed by atoms with E-state index >= 15 is 0 Å². The van der Waals surface area contributed by atoms with Gasteiger partial charge in [0.1, 0.15) is 0 Å². The summed E-state index contributed by atoms with van der Waals surface area (Å²) in [5, 5.41) is 1.16. The third-order valence-electron chi connectivity index (χ3n) is 5.15. The van der Waals surface area contributed by atoms with Crippen molar-refractivity contribution >= 4 is 51.7 Å². The maximum absolute atomic E-state index is 13.4. The van der Waals surface area contributed by atoms with Gasteiger partial charge in [0.25, 0.3) is 5.56 Å². The minimum Gasteiger partial charge on any atom is -0.287 e. The zero-order valence-corrected chi connectivity index (χ0v) is 18.5. The smallest absolute Gasteiger partial charge is 0.262 e. The Morgan fingerprint density at radius 2 is 1.55 bits per heavy atom. The number of hydrogen-bond donors (Lipinski definition) is 0. The minimum atomic E-state index is -0.0758. The lowest BCUT2D eigenvalue weighted by molar-refractivity contribution is -0.115. The number of para-hydroxylation sites is 3. The van der Waals surface area contributed by atoms with Crippen LogP contribution < -0.4 is 10.5 Å². The molecule has 2 heterocycles. The van der Waals surface area contributed by atoms with Gasteiger partial charge in [-0.15, -0.1) is 0 Å². The highest BCUT2D eigenvalue weighted by Crippen LogP contribution is 2.48. The van der Waals surface area contributed by atoms with Crippen LogP contribution in [0.1, 0.15) is 6.92 Å². The van der Waals surface area contributed by atoms with E-state index in [0.29, 0.717) is 22.6 Å². The van der Waals surface area contributed by atoms with Gasteiger partial charge in [0.15, 0.2) is 5.16 Å². The van der Waals surface area contributed by atoms with E-state index in [0.717, 1.165) is 21.2 Å². The first kappa shape index (κ1) is 19.9. The van der Waals surface area contributed by atoms with Crippen molar-refractivity contribution in [3.63, 3.8) is 0 Å². The van der Waals surface area contributed by atoms with Crippen molar-refractivity contribution in [3.8, 4) is 0 Å². The van der Waals surface area contributed by atoms with E-state index in [2.05, 4.69) is 4.98 Å². The van der Waals surface area contributed by atoms with Gasteiger partial charge in [-0.1, -0.05) is 59.9 Å². The molecule has 0 aliphatic carbocycles. The van der Waals surface area contributed by atoms with Gasteiger partial charge < -0.3 is 0 Å². The molecule has 0 saturated heterocycles. The molecule has 0 bridgehead atoms. The van der Waals surface area contributed by atoms with Crippen molar-refractivity contribution in [1.29, 1.82) is 0 Å². The molecule has 0 spiro atoms. The lowest BCUT2D eigenvalue weighted by Crippen LogP contribution is -2.30. The van der Waals surface area contributed by atoms with Crippen molar-refractivity contribution in [2.75, 3.05) is 10.7 Å². The Morgan fingerprint density at radius 1 is 0.935 bits per heavy atom. The molecule has 0 atom stereocenters. The summed E-state index contributed by atoms with van der Waals surface area (Å²) in [5.74, 6) is 0.133. The maximum atomic E-state index is 13.4. The zero-order valence-electron chi connectivity index (χ0n) is 16.8. The van der Waals surface area contributed by atoms with E-state index in [1.807, 2.05) is 73.7 Å². The lowest BCUT2D eigenvalue weighted by Gasteiger charge is -2.31. The van der Waals surface area contributed by atoms with Crippen LogP contribution in [-0.4, -0.2) is 21.2 Å². The van der Waals surface area contributed by atoms with E-state index in [1.165, 1.54) is 11.8 Å². The van der Waals surface area contributed by atoms with Crippen LogP contribution in [0.25, 0.3) is 10.9 Å². The molecule has 0 fully saturated rings. The van der Waals surface area contributed by atoms with E-state index < -0.39 is 0 Å². The fraction of sp³-hybridized carbons (Fsp3) is 0.125. The van der Waals surface area contributed by atoms with Gasteiger partial charge in [0, 0.05) is 16.3 Å². The molecule has 0 radical (unpaired) electrons. The molecular weight excluding hydrogens is 426 g/mol. The Kier molecular flexibility index (Phi) is 5.29. The molecule has 4 aromatic rings. The Bertz CT molecular complexity index is 1320. The van der Waals surface area contributed by atoms with Gasteiger partial charge in [0.05, 0.1) is 28.0 Å². The summed E-state index contributed by atoms with van der Waals surface area (Å²) in [5.41, 5.74) is 2.35. The normalized spacial score (nSPS) is 12.5. The van der Waals surface area contributed by atoms with Crippen molar-refractivity contribution in [3.05, 3.63) is 83.2 Å². The Morgan fingerprint density at radius 3 is 2.23 bits per heavy atom. The molecule has 3 aromatic carbocycles. The first-order chi connectivity index (χ1) is 15.2. The fourth-order valence-corrected chi connectivity index (χ4v) is 5.67. The van der Waals surface area contributed by atoms with Gasteiger partial charge in [-0.3, -0.25) is 19.1 Å². The third kappa shape index (κ3) is 3.54. The number of aromatic nitrogens is 2. The summed E-state index contributed by atoms with van der Waals surface area (Å²) < 4.78 is 1.63. The highest BCUT2D eigenvalue weighted by atomic mass is 32.2. The summed E-state index contributed by atoms with van der Waals surface area (Å²) >= 11 is 2.97. The molecule has 1 aliphatic rings. The SMILES string of the molecule is CCn1c(SCC(=O)N2c3ccccc3Sc3ccccc32)nc2ccccc2c1=O. The molecule has 1 aliphatic heterocycles. The van der Waals surface area contributed by atoms with Crippen LogP contribution >= 0.6 is 23.5 Å². The second-order valence-corrected chi connectivity index (χ2v) is 9.04. The van der Waals surface area contributed by atoms with Crippen LogP contribution in [0.2, 0.25) is 0 Å². The number of nitrogens with zero attached hydrogens (tertiary/aromatic N) is 3. The molecular formula is C24H19N3O2S2. The minimum absolute atomic E-state index is 0.0461. The number of fused-ring (bicyclic) bond motifs is 3. The largest absolute Gasteiger partial charge is 0.287 e. The van der Waals surface area contributed by atoms with Gasteiger partial charge in [-0.25, -0.2) is 4.98 Å². The molecule has 7 heteroatoms. The summed E-state index contributed by atoms with van der Waals surface area (Å²) in [6.07, 6.45) is 0. The number of hydrogen-bond acceptors (Lipinski definition) is 5. The van der Waals surface area contributed by atoms with E-state index in [1.54, 1.807) is 27.3 Å².